The first-order valence-electron chi connectivity index (χ1n) is 6.87. The summed E-state index contributed by atoms with van der Waals surface area (Å²) in [5.74, 6) is 0.0381. The molecule has 1 heterocycles. The SMILES string of the molecule is Cc1cccc(CC2SC(=Nc3ccccc3)NC2=O)c1. The molecule has 2 aromatic carbocycles. The summed E-state index contributed by atoms with van der Waals surface area (Å²) in [6.45, 7) is 2.06. The zero-order valence-electron chi connectivity index (χ0n) is 11.7. The highest BCUT2D eigenvalue weighted by molar-refractivity contribution is 8.15. The van der Waals surface area contributed by atoms with Crippen LogP contribution in [0.25, 0.3) is 0 Å². The monoisotopic (exact) mass is 296 g/mol. The fourth-order valence-electron chi connectivity index (χ4n) is 2.27. The van der Waals surface area contributed by atoms with Gasteiger partial charge in [0.15, 0.2) is 5.17 Å². The molecular formula is C17H16N2OS. The van der Waals surface area contributed by atoms with Gasteiger partial charge in [-0.15, -0.1) is 0 Å². The van der Waals surface area contributed by atoms with Gasteiger partial charge in [0.1, 0.15) is 0 Å². The molecule has 1 aliphatic rings. The van der Waals surface area contributed by atoms with Gasteiger partial charge in [0, 0.05) is 0 Å². The van der Waals surface area contributed by atoms with Crippen LogP contribution in [0.1, 0.15) is 11.1 Å². The molecule has 1 amide bonds. The lowest BCUT2D eigenvalue weighted by atomic mass is 10.1. The number of benzene rings is 2. The minimum absolute atomic E-state index is 0.0381. The summed E-state index contributed by atoms with van der Waals surface area (Å²) in [6, 6.07) is 17.9. The minimum Gasteiger partial charge on any atom is -0.304 e. The van der Waals surface area contributed by atoms with Gasteiger partial charge in [-0.3, -0.25) is 4.79 Å². The number of hydrogen-bond acceptors (Lipinski definition) is 3. The lowest BCUT2D eigenvalue weighted by molar-refractivity contribution is -0.118. The number of carbonyl (C=O) groups excluding carboxylic acids is 1. The van der Waals surface area contributed by atoms with Crippen LogP contribution in [0, 0.1) is 6.92 Å². The second-order valence-electron chi connectivity index (χ2n) is 5.04. The number of rotatable bonds is 3. The molecule has 0 bridgehead atoms. The molecule has 2 aromatic rings. The number of carbonyl (C=O) groups is 1. The van der Waals surface area contributed by atoms with Crippen LogP contribution in [0.4, 0.5) is 5.69 Å². The van der Waals surface area contributed by atoms with Crippen molar-refractivity contribution >= 4 is 28.5 Å². The molecule has 1 atom stereocenters. The van der Waals surface area contributed by atoms with Crippen LogP contribution in [-0.2, 0) is 11.2 Å². The lowest BCUT2D eigenvalue weighted by Crippen LogP contribution is -2.25. The molecule has 1 unspecified atom stereocenters. The van der Waals surface area contributed by atoms with Gasteiger partial charge in [-0.1, -0.05) is 59.8 Å². The number of nitrogens with zero attached hydrogens (tertiary/aromatic N) is 1. The van der Waals surface area contributed by atoms with Gasteiger partial charge in [0.25, 0.3) is 0 Å². The van der Waals surface area contributed by atoms with E-state index in [1.54, 1.807) is 0 Å². The summed E-state index contributed by atoms with van der Waals surface area (Å²) in [7, 11) is 0. The van der Waals surface area contributed by atoms with Crippen molar-refractivity contribution in [2.75, 3.05) is 0 Å². The third-order valence-corrected chi connectivity index (χ3v) is 4.35. The largest absolute Gasteiger partial charge is 0.304 e. The van der Waals surface area contributed by atoms with Crippen molar-refractivity contribution in [3.05, 3.63) is 65.7 Å². The molecule has 1 N–H and O–H groups in total. The number of thioether (sulfide) groups is 1. The Kier molecular flexibility index (Phi) is 4.06. The standard InChI is InChI=1S/C17H16N2OS/c1-12-6-5-7-13(10-12)11-15-16(20)19-17(21-15)18-14-8-3-2-4-9-14/h2-10,15H,11H2,1H3,(H,18,19,20). The van der Waals surface area contributed by atoms with Gasteiger partial charge >= 0.3 is 0 Å². The summed E-state index contributed by atoms with van der Waals surface area (Å²) < 4.78 is 0. The predicted molar refractivity (Wildman–Crippen MR) is 87.9 cm³/mol. The van der Waals surface area contributed by atoms with E-state index in [0.29, 0.717) is 5.17 Å². The number of hydrogen-bond donors (Lipinski definition) is 1. The number of amidine groups is 1. The molecule has 21 heavy (non-hydrogen) atoms. The van der Waals surface area contributed by atoms with Crippen molar-refractivity contribution in [3.63, 3.8) is 0 Å². The average Bonchev–Trinajstić information content (AvgIpc) is 2.80. The molecule has 0 spiro atoms. The third-order valence-electron chi connectivity index (χ3n) is 3.27. The Hall–Kier alpha value is -2.07. The van der Waals surface area contributed by atoms with E-state index < -0.39 is 0 Å². The Bertz CT molecular complexity index is 682. The summed E-state index contributed by atoms with van der Waals surface area (Å²) in [5, 5.41) is 3.44. The van der Waals surface area contributed by atoms with E-state index >= 15 is 0 Å². The first-order chi connectivity index (χ1) is 10.2. The first-order valence-corrected chi connectivity index (χ1v) is 7.75. The average molecular weight is 296 g/mol. The smallest absolute Gasteiger partial charge is 0.239 e. The summed E-state index contributed by atoms with van der Waals surface area (Å²) in [4.78, 5) is 16.5. The molecule has 4 heteroatoms. The molecule has 1 aliphatic heterocycles. The molecule has 0 aromatic heterocycles. The van der Waals surface area contributed by atoms with Crippen LogP contribution in [0.5, 0.6) is 0 Å². The fraction of sp³-hybridized carbons (Fsp3) is 0.176. The predicted octanol–water partition coefficient (Wildman–Crippen LogP) is 3.46. The lowest BCUT2D eigenvalue weighted by Gasteiger charge is -2.05. The maximum Gasteiger partial charge on any atom is 0.239 e. The van der Waals surface area contributed by atoms with Gasteiger partial charge in [-0.25, -0.2) is 4.99 Å². The van der Waals surface area contributed by atoms with Crippen LogP contribution in [0.15, 0.2) is 59.6 Å². The highest BCUT2D eigenvalue weighted by atomic mass is 32.2. The Labute approximate surface area is 128 Å². The number of para-hydroxylation sites is 1. The number of nitrogens with one attached hydrogen (secondary N) is 1. The van der Waals surface area contributed by atoms with E-state index in [2.05, 4.69) is 35.4 Å². The number of aryl methyl sites for hydroxylation is 1. The van der Waals surface area contributed by atoms with Crippen LogP contribution < -0.4 is 5.32 Å². The molecule has 0 aliphatic carbocycles. The highest BCUT2D eigenvalue weighted by Gasteiger charge is 2.30. The number of aliphatic imine (C=N–C) groups is 1. The zero-order valence-corrected chi connectivity index (χ0v) is 12.6. The van der Waals surface area contributed by atoms with E-state index in [4.69, 9.17) is 0 Å². The minimum atomic E-state index is -0.103. The highest BCUT2D eigenvalue weighted by Crippen LogP contribution is 2.25. The van der Waals surface area contributed by atoms with Crippen molar-refractivity contribution in [2.45, 2.75) is 18.6 Å². The van der Waals surface area contributed by atoms with Gasteiger partial charge < -0.3 is 5.32 Å². The maximum atomic E-state index is 12.1. The Morgan fingerprint density at radius 2 is 1.95 bits per heavy atom. The third kappa shape index (κ3) is 3.52. The second-order valence-corrected chi connectivity index (χ2v) is 6.23. The Morgan fingerprint density at radius 3 is 2.71 bits per heavy atom. The van der Waals surface area contributed by atoms with Crippen LogP contribution in [0.2, 0.25) is 0 Å². The van der Waals surface area contributed by atoms with Crippen molar-refractivity contribution < 1.29 is 4.79 Å². The Balaban J connectivity index is 1.72. The number of amides is 1. The van der Waals surface area contributed by atoms with E-state index in [1.807, 2.05) is 36.4 Å². The molecule has 0 saturated carbocycles. The van der Waals surface area contributed by atoms with Crippen LogP contribution in [-0.4, -0.2) is 16.3 Å². The molecule has 0 radical (unpaired) electrons. The first kappa shape index (κ1) is 13.9. The van der Waals surface area contributed by atoms with Crippen molar-refractivity contribution in [1.82, 2.24) is 5.32 Å². The molecule has 3 nitrogen and oxygen atoms in total. The summed E-state index contributed by atoms with van der Waals surface area (Å²) >= 11 is 1.50. The van der Waals surface area contributed by atoms with Gasteiger partial charge in [-0.05, 0) is 31.0 Å². The van der Waals surface area contributed by atoms with E-state index in [-0.39, 0.29) is 11.2 Å². The molecule has 106 valence electrons. The van der Waals surface area contributed by atoms with Gasteiger partial charge in [-0.2, -0.15) is 0 Å². The van der Waals surface area contributed by atoms with E-state index in [9.17, 15) is 4.79 Å². The van der Waals surface area contributed by atoms with Gasteiger partial charge in [0.2, 0.25) is 5.91 Å². The summed E-state index contributed by atoms with van der Waals surface area (Å²) in [5.41, 5.74) is 3.26. The van der Waals surface area contributed by atoms with Crippen molar-refractivity contribution in [3.8, 4) is 0 Å². The van der Waals surface area contributed by atoms with E-state index in [0.717, 1.165) is 12.1 Å². The van der Waals surface area contributed by atoms with Crippen LogP contribution in [0.3, 0.4) is 0 Å². The topological polar surface area (TPSA) is 41.5 Å². The normalized spacial score (nSPS) is 19.8. The van der Waals surface area contributed by atoms with Crippen molar-refractivity contribution in [2.24, 2.45) is 4.99 Å². The quantitative estimate of drug-likeness (QED) is 0.942. The second kappa shape index (κ2) is 6.14. The molecule has 3 rings (SSSR count). The van der Waals surface area contributed by atoms with E-state index in [1.165, 1.54) is 22.9 Å². The molecule has 1 saturated heterocycles. The zero-order chi connectivity index (χ0) is 14.7. The molecular weight excluding hydrogens is 280 g/mol. The summed E-state index contributed by atoms with van der Waals surface area (Å²) in [6.07, 6.45) is 0.728. The van der Waals surface area contributed by atoms with Crippen LogP contribution >= 0.6 is 11.8 Å². The van der Waals surface area contributed by atoms with Crippen molar-refractivity contribution in [1.29, 1.82) is 0 Å². The molecule has 1 fully saturated rings. The fourth-order valence-corrected chi connectivity index (χ4v) is 3.29. The Morgan fingerprint density at radius 1 is 1.14 bits per heavy atom. The van der Waals surface area contributed by atoms with Gasteiger partial charge in [0.05, 0.1) is 10.9 Å². The maximum absolute atomic E-state index is 12.1.